The number of rotatable bonds is 4. The molecule has 0 saturated carbocycles. The van der Waals surface area contributed by atoms with Gasteiger partial charge in [0.05, 0.1) is 11.7 Å². The predicted octanol–water partition coefficient (Wildman–Crippen LogP) is 3.89. The van der Waals surface area contributed by atoms with Gasteiger partial charge in [-0.15, -0.1) is 0 Å². The van der Waals surface area contributed by atoms with Crippen LogP contribution in [-0.4, -0.2) is 12.0 Å². The Morgan fingerprint density at radius 2 is 1.74 bits per heavy atom. The average Bonchev–Trinajstić information content (AvgIpc) is 2.55. The fourth-order valence-electron chi connectivity index (χ4n) is 2.93. The third kappa shape index (κ3) is 2.89. The van der Waals surface area contributed by atoms with Crippen molar-refractivity contribution in [2.24, 2.45) is 0 Å². The Morgan fingerprint density at radius 3 is 2.39 bits per heavy atom. The van der Waals surface area contributed by atoms with Crippen molar-refractivity contribution in [3.8, 4) is 5.75 Å². The number of para-hydroxylation sites is 1. The molecule has 1 atom stereocenters. The maximum atomic E-state index is 12.5. The molecule has 0 fully saturated rings. The second-order valence-electron chi connectivity index (χ2n) is 6.07. The number of carbonyl (C=O) groups excluding carboxylic acids is 1. The molecule has 0 bridgehead atoms. The second-order valence-corrected chi connectivity index (χ2v) is 6.07. The van der Waals surface area contributed by atoms with Crippen molar-refractivity contribution in [2.45, 2.75) is 39.0 Å². The first-order valence-electron chi connectivity index (χ1n) is 8.01. The Balaban J connectivity index is 1.95. The number of carbonyl (C=O) groups is 1. The van der Waals surface area contributed by atoms with Crippen molar-refractivity contribution < 1.29 is 9.53 Å². The van der Waals surface area contributed by atoms with Gasteiger partial charge in [-0.25, -0.2) is 0 Å². The summed E-state index contributed by atoms with van der Waals surface area (Å²) >= 11 is 0. The number of hydrogen-bond acceptors (Lipinski definition) is 3. The van der Waals surface area contributed by atoms with Crippen LogP contribution < -0.4 is 15.4 Å². The summed E-state index contributed by atoms with van der Waals surface area (Å²) in [7, 11) is 0. The molecule has 4 heteroatoms. The van der Waals surface area contributed by atoms with Crippen molar-refractivity contribution in [3.63, 3.8) is 0 Å². The molecule has 0 radical (unpaired) electrons. The van der Waals surface area contributed by atoms with Crippen LogP contribution in [0.4, 0.5) is 5.69 Å². The third-order valence-electron chi connectivity index (χ3n) is 4.10. The minimum absolute atomic E-state index is 0.0521. The summed E-state index contributed by atoms with van der Waals surface area (Å²) in [6, 6.07) is 15.5. The molecular formula is C19H22N2O2. The molecule has 1 heterocycles. The van der Waals surface area contributed by atoms with E-state index in [0.717, 1.165) is 23.4 Å². The molecule has 1 amide bonds. The standard InChI is InChI=1S/C19H22N2O2/c1-4-19(14-9-11-15(12-10-14)23-13(2)3)20-17-8-6-5-7-16(17)18(22)21-19/h5-13,20H,4H2,1-3H3,(H,21,22). The normalized spacial score (nSPS) is 19.7. The molecule has 0 aromatic heterocycles. The summed E-state index contributed by atoms with van der Waals surface area (Å²) in [5.74, 6) is 0.779. The van der Waals surface area contributed by atoms with Crippen LogP contribution in [0.5, 0.6) is 5.75 Å². The van der Waals surface area contributed by atoms with Crippen LogP contribution in [0, 0.1) is 0 Å². The van der Waals surface area contributed by atoms with E-state index >= 15 is 0 Å². The van der Waals surface area contributed by atoms with Crippen molar-refractivity contribution in [1.82, 2.24) is 5.32 Å². The van der Waals surface area contributed by atoms with Crippen molar-refractivity contribution in [1.29, 1.82) is 0 Å². The van der Waals surface area contributed by atoms with E-state index in [1.165, 1.54) is 0 Å². The first-order chi connectivity index (χ1) is 11.0. The molecule has 2 aromatic carbocycles. The SMILES string of the molecule is CCC1(c2ccc(OC(C)C)cc2)NC(=O)c2ccccc2N1. The minimum atomic E-state index is -0.595. The summed E-state index contributed by atoms with van der Waals surface area (Å²) in [5.41, 5.74) is 1.96. The highest BCUT2D eigenvalue weighted by Crippen LogP contribution is 2.34. The average molecular weight is 310 g/mol. The molecule has 1 aliphatic rings. The first kappa shape index (κ1) is 15.4. The van der Waals surface area contributed by atoms with Gasteiger partial charge < -0.3 is 15.4 Å². The Morgan fingerprint density at radius 1 is 1.04 bits per heavy atom. The largest absolute Gasteiger partial charge is 0.491 e. The number of amides is 1. The van der Waals surface area contributed by atoms with Gasteiger partial charge in [-0.1, -0.05) is 31.2 Å². The van der Waals surface area contributed by atoms with Crippen LogP contribution in [0.3, 0.4) is 0 Å². The monoisotopic (exact) mass is 310 g/mol. The van der Waals surface area contributed by atoms with E-state index in [1.54, 1.807) is 0 Å². The molecule has 23 heavy (non-hydrogen) atoms. The highest BCUT2D eigenvalue weighted by molar-refractivity contribution is 6.02. The van der Waals surface area contributed by atoms with Crippen LogP contribution in [0.15, 0.2) is 48.5 Å². The van der Waals surface area contributed by atoms with Gasteiger partial charge in [0.1, 0.15) is 11.4 Å². The lowest BCUT2D eigenvalue weighted by molar-refractivity contribution is 0.0896. The van der Waals surface area contributed by atoms with Crippen LogP contribution >= 0.6 is 0 Å². The van der Waals surface area contributed by atoms with E-state index in [0.29, 0.717) is 5.56 Å². The van der Waals surface area contributed by atoms with E-state index in [9.17, 15) is 4.79 Å². The van der Waals surface area contributed by atoms with Gasteiger partial charge in [0.2, 0.25) is 0 Å². The Hall–Kier alpha value is -2.49. The van der Waals surface area contributed by atoms with Crippen LogP contribution in [0.2, 0.25) is 0 Å². The third-order valence-corrected chi connectivity index (χ3v) is 4.10. The molecule has 0 saturated heterocycles. The Kier molecular flexibility index (Phi) is 3.99. The molecule has 0 spiro atoms. The van der Waals surface area contributed by atoms with Crippen molar-refractivity contribution in [3.05, 3.63) is 59.7 Å². The molecule has 1 unspecified atom stereocenters. The maximum Gasteiger partial charge on any atom is 0.255 e. The summed E-state index contributed by atoms with van der Waals surface area (Å²) in [5, 5.41) is 6.62. The quantitative estimate of drug-likeness (QED) is 0.900. The summed E-state index contributed by atoms with van der Waals surface area (Å²) < 4.78 is 5.69. The fraction of sp³-hybridized carbons (Fsp3) is 0.316. The number of fused-ring (bicyclic) bond motifs is 1. The summed E-state index contributed by atoms with van der Waals surface area (Å²) in [6.07, 6.45) is 0.873. The number of nitrogens with one attached hydrogen (secondary N) is 2. The summed E-state index contributed by atoms with van der Waals surface area (Å²) in [6.45, 7) is 6.06. The number of ether oxygens (including phenoxy) is 1. The lowest BCUT2D eigenvalue weighted by atomic mass is 9.92. The maximum absolute atomic E-state index is 12.5. The van der Waals surface area contributed by atoms with Gasteiger partial charge in [0.15, 0.2) is 0 Å². The van der Waals surface area contributed by atoms with Crippen molar-refractivity contribution in [2.75, 3.05) is 5.32 Å². The van der Waals surface area contributed by atoms with E-state index in [1.807, 2.05) is 62.4 Å². The van der Waals surface area contributed by atoms with Gasteiger partial charge in [-0.05, 0) is 50.1 Å². The molecule has 1 aliphatic heterocycles. The number of hydrogen-bond donors (Lipinski definition) is 2. The van der Waals surface area contributed by atoms with Gasteiger partial charge in [0.25, 0.3) is 5.91 Å². The molecular weight excluding hydrogens is 288 g/mol. The van der Waals surface area contributed by atoms with Crippen LogP contribution in [0.25, 0.3) is 0 Å². The predicted molar refractivity (Wildman–Crippen MR) is 91.7 cm³/mol. The highest BCUT2D eigenvalue weighted by Gasteiger charge is 2.37. The zero-order valence-corrected chi connectivity index (χ0v) is 13.7. The van der Waals surface area contributed by atoms with Crippen molar-refractivity contribution >= 4 is 11.6 Å². The smallest absolute Gasteiger partial charge is 0.255 e. The lowest BCUT2D eigenvalue weighted by Gasteiger charge is -2.40. The molecule has 2 aromatic rings. The summed E-state index contributed by atoms with van der Waals surface area (Å²) in [4.78, 5) is 12.5. The Bertz CT molecular complexity index is 710. The van der Waals surface area contributed by atoms with Gasteiger partial charge in [0, 0.05) is 5.69 Å². The van der Waals surface area contributed by atoms with Crippen LogP contribution in [0.1, 0.15) is 43.1 Å². The minimum Gasteiger partial charge on any atom is -0.491 e. The van der Waals surface area contributed by atoms with Gasteiger partial charge in [-0.3, -0.25) is 4.79 Å². The highest BCUT2D eigenvalue weighted by atomic mass is 16.5. The molecule has 0 aliphatic carbocycles. The van der Waals surface area contributed by atoms with E-state index in [-0.39, 0.29) is 12.0 Å². The molecule has 4 nitrogen and oxygen atoms in total. The Labute approximate surface area is 136 Å². The zero-order valence-electron chi connectivity index (χ0n) is 13.7. The van der Waals surface area contributed by atoms with Gasteiger partial charge in [-0.2, -0.15) is 0 Å². The number of anilines is 1. The molecule has 3 rings (SSSR count). The topological polar surface area (TPSA) is 50.4 Å². The van der Waals surface area contributed by atoms with E-state index in [2.05, 4.69) is 17.6 Å². The zero-order chi connectivity index (χ0) is 16.4. The van der Waals surface area contributed by atoms with E-state index in [4.69, 9.17) is 4.74 Å². The lowest BCUT2D eigenvalue weighted by Crippen LogP contribution is -2.54. The number of benzene rings is 2. The fourth-order valence-corrected chi connectivity index (χ4v) is 2.93. The van der Waals surface area contributed by atoms with E-state index < -0.39 is 5.66 Å². The first-order valence-corrected chi connectivity index (χ1v) is 8.01. The van der Waals surface area contributed by atoms with Crippen LogP contribution in [-0.2, 0) is 5.66 Å². The second kappa shape index (κ2) is 5.95. The molecule has 2 N–H and O–H groups in total. The van der Waals surface area contributed by atoms with Gasteiger partial charge >= 0.3 is 0 Å². The molecule has 120 valence electrons.